The third-order valence-corrected chi connectivity index (χ3v) is 4.92. The average molecular weight is 273 g/mol. The van der Waals surface area contributed by atoms with Gasteiger partial charge in [0.15, 0.2) is 0 Å². The Labute approximate surface area is 122 Å². The van der Waals surface area contributed by atoms with Gasteiger partial charge in [0.25, 0.3) is 0 Å². The molecule has 0 N–H and O–H groups in total. The van der Waals surface area contributed by atoms with E-state index in [1.807, 2.05) is 0 Å². The first kappa shape index (κ1) is 13.0. The summed E-state index contributed by atoms with van der Waals surface area (Å²) in [5.74, 6) is 0. The fourth-order valence-corrected chi connectivity index (χ4v) is 4.07. The second-order valence-corrected chi connectivity index (χ2v) is 5.85. The van der Waals surface area contributed by atoms with E-state index >= 15 is 0 Å². The van der Waals surface area contributed by atoms with Crippen molar-refractivity contribution in [1.82, 2.24) is 0 Å². The molecule has 0 aromatic carbocycles. The zero-order valence-corrected chi connectivity index (χ0v) is 12.2. The summed E-state index contributed by atoms with van der Waals surface area (Å²) in [6.07, 6.45) is 19.8. The van der Waals surface area contributed by atoms with Crippen molar-refractivity contribution in [2.75, 3.05) is 0 Å². The SMILES string of the molecule is C1=CC2=C(CC1)C1=C(CC2)C2=C(C=CCC2)CC1.Cl. The van der Waals surface area contributed by atoms with Crippen molar-refractivity contribution < 1.29 is 0 Å². The quantitative estimate of drug-likeness (QED) is 0.539. The lowest BCUT2D eigenvalue weighted by molar-refractivity contribution is 0.741. The molecule has 1 heteroatoms. The average Bonchev–Trinajstić information content (AvgIpc) is 2.46. The molecule has 19 heavy (non-hydrogen) atoms. The fourth-order valence-electron chi connectivity index (χ4n) is 4.07. The molecule has 0 bridgehead atoms. The van der Waals surface area contributed by atoms with Gasteiger partial charge in [-0.05, 0) is 84.8 Å². The standard InChI is InChI=1S/C18H20.ClH/c1-3-7-15-13(5-1)9-11-18-16-8-4-2-6-14(16)10-12-17(15)18;/h1-2,5-6H,3-4,7-12H2;1H. The van der Waals surface area contributed by atoms with Gasteiger partial charge < -0.3 is 0 Å². The number of rotatable bonds is 0. The van der Waals surface area contributed by atoms with Gasteiger partial charge in [-0.2, -0.15) is 0 Å². The van der Waals surface area contributed by atoms with E-state index in [9.17, 15) is 0 Å². The lowest BCUT2D eigenvalue weighted by Gasteiger charge is -2.34. The van der Waals surface area contributed by atoms with E-state index < -0.39 is 0 Å². The van der Waals surface area contributed by atoms with Gasteiger partial charge in [-0.15, -0.1) is 12.4 Å². The molecule has 0 nitrogen and oxygen atoms in total. The van der Waals surface area contributed by atoms with Crippen LogP contribution in [0.4, 0.5) is 0 Å². The minimum atomic E-state index is 0. The van der Waals surface area contributed by atoms with Crippen molar-refractivity contribution in [1.29, 1.82) is 0 Å². The summed E-state index contributed by atoms with van der Waals surface area (Å²) in [7, 11) is 0. The zero-order valence-electron chi connectivity index (χ0n) is 11.4. The van der Waals surface area contributed by atoms with E-state index in [0.717, 1.165) is 0 Å². The Morgan fingerprint density at radius 2 is 1.00 bits per heavy atom. The Morgan fingerprint density at radius 1 is 0.526 bits per heavy atom. The van der Waals surface area contributed by atoms with Crippen LogP contribution in [0, 0.1) is 0 Å². The molecule has 0 atom stereocenters. The molecule has 0 heterocycles. The van der Waals surface area contributed by atoms with Gasteiger partial charge >= 0.3 is 0 Å². The first-order chi connectivity index (χ1) is 8.93. The highest BCUT2D eigenvalue weighted by atomic mass is 35.5. The molecule has 100 valence electrons. The Balaban J connectivity index is 0.00000110. The molecule has 0 aromatic heterocycles. The largest absolute Gasteiger partial charge is 0.147 e. The van der Waals surface area contributed by atoms with Gasteiger partial charge in [-0.1, -0.05) is 24.3 Å². The molecule has 0 saturated carbocycles. The molecule has 0 aliphatic heterocycles. The molecular weight excluding hydrogens is 252 g/mol. The number of allylic oxidation sites excluding steroid dienone is 10. The van der Waals surface area contributed by atoms with E-state index in [1.165, 1.54) is 51.4 Å². The van der Waals surface area contributed by atoms with E-state index in [4.69, 9.17) is 0 Å². The smallest absolute Gasteiger partial charge is 0.0232 e. The van der Waals surface area contributed by atoms with E-state index in [2.05, 4.69) is 24.3 Å². The highest BCUT2D eigenvalue weighted by molar-refractivity contribution is 5.85. The Bertz CT molecular complexity index is 502. The molecule has 4 aliphatic rings. The molecule has 0 fully saturated rings. The Hall–Kier alpha value is -1.01. The zero-order chi connectivity index (χ0) is 11.9. The molecule has 0 amide bonds. The summed E-state index contributed by atoms with van der Waals surface area (Å²) in [5, 5.41) is 0. The second kappa shape index (κ2) is 5.17. The predicted octanol–water partition coefficient (Wildman–Crippen LogP) is 5.59. The molecule has 4 rings (SSSR count). The van der Waals surface area contributed by atoms with Crippen LogP contribution in [0.3, 0.4) is 0 Å². The monoisotopic (exact) mass is 272 g/mol. The number of hydrogen-bond acceptors (Lipinski definition) is 0. The summed E-state index contributed by atoms with van der Waals surface area (Å²) < 4.78 is 0. The maximum atomic E-state index is 2.40. The van der Waals surface area contributed by atoms with Crippen molar-refractivity contribution in [3.63, 3.8) is 0 Å². The molecular formula is C18H21Cl. The van der Waals surface area contributed by atoms with Crippen LogP contribution in [0.5, 0.6) is 0 Å². The number of fused-ring (bicyclic) bond motifs is 2. The summed E-state index contributed by atoms with van der Waals surface area (Å²) in [4.78, 5) is 0. The van der Waals surface area contributed by atoms with E-state index in [0.29, 0.717) is 0 Å². The minimum absolute atomic E-state index is 0. The van der Waals surface area contributed by atoms with Gasteiger partial charge in [0.2, 0.25) is 0 Å². The van der Waals surface area contributed by atoms with Crippen LogP contribution < -0.4 is 0 Å². The Kier molecular flexibility index (Phi) is 3.54. The van der Waals surface area contributed by atoms with Gasteiger partial charge in [-0.3, -0.25) is 0 Å². The van der Waals surface area contributed by atoms with Crippen LogP contribution in [-0.4, -0.2) is 0 Å². The normalized spacial score (nSPS) is 24.8. The van der Waals surface area contributed by atoms with Gasteiger partial charge in [0, 0.05) is 0 Å². The van der Waals surface area contributed by atoms with Gasteiger partial charge in [0.1, 0.15) is 0 Å². The molecule has 0 aromatic rings. The van der Waals surface area contributed by atoms with Crippen molar-refractivity contribution in [3.05, 3.63) is 57.7 Å². The first-order valence-electron chi connectivity index (χ1n) is 7.43. The Morgan fingerprint density at radius 3 is 1.47 bits per heavy atom. The van der Waals surface area contributed by atoms with Gasteiger partial charge in [-0.25, -0.2) is 0 Å². The summed E-state index contributed by atoms with van der Waals surface area (Å²) in [6.45, 7) is 0. The predicted molar refractivity (Wildman–Crippen MR) is 83.5 cm³/mol. The minimum Gasteiger partial charge on any atom is -0.147 e. The summed E-state index contributed by atoms with van der Waals surface area (Å²) in [5.41, 5.74) is 10.2. The highest BCUT2D eigenvalue weighted by Crippen LogP contribution is 2.46. The lowest BCUT2D eigenvalue weighted by atomic mass is 9.71. The maximum absolute atomic E-state index is 2.40. The van der Waals surface area contributed by atoms with Crippen LogP contribution >= 0.6 is 12.4 Å². The topological polar surface area (TPSA) is 0 Å². The van der Waals surface area contributed by atoms with Crippen molar-refractivity contribution in [2.24, 2.45) is 0 Å². The molecule has 0 spiro atoms. The second-order valence-electron chi connectivity index (χ2n) is 5.85. The summed E-state index contributed by atoms with van der Waals surface area (Å²) >= 11 is 0. The lowest BCUT2D eigenvalue weighted by Crippen LogP contribution is -2.15. The van der Waals surface area contributed by atoms with Crippen molar-refractivity contribution in [2.45, 2.75) is 51.4 Å². The highest BCUT2D eigenvalue weighted by Gasteiger charge is 2.27. The van der Waals surface area contributed by atoms with Crippen LogP contribution in [-0.2, 0) is 0 Å². The van der Waals surface area contributed by atoms with E-state index in [1.54, 1.807) is 33.4 Å². The molecule has 4 aliphatic carbocycles. The third kappa shape index (κ3) is 2.07. The van der Waals surface area contributed by atoms with Crippen LogP contribution in [0.15, 0.2) is 57.7 Å². The van der Waals surface area contributed by atoms with Crippen molar-refractivity contribution in [3.8, 4) is 0 Å². The van der Waals surface area contributed by atoms with Crippen LogP contribution in [0.1, 0.15) is 51.4 Å². The fraction of sp³-hybridized carbons (Fsp3) is 0.444. The number of hydrogen-bond donors (Lipinski definition) is 0. The molecule has 0 unspecified atom stereocenters. The van der Waals surface area contributed by atoms with Gasteiger partial charge in [0.05, 0.1) is 0 Å². The van der Waals surface area contributed by atoms with E-state index in [-0.39, 0.29) is 12.4 Å². The van der Waals surface area contributed by atoms with Crippen LogP contribution in [0.2, 0.25) is 0 Å². The molecule has 0 radical (unpaired) electrons. The van der Waals surface area contributed by atoms with Crippen molar-refractivity contribution >= 4 is 12.4 Å². The maximum Gasteiger partial charge on any atom is -0.0232 e. The first-order valence-corrected chi connectivity index (χ1v) is 7.43. The number of halogens is 1. The van der Waals surface area contributed by atoms with Crippen LogP contribution in [0.25, 0.3) is 0 Å². The third-order valence-electron chi connectivity index (χ3n) is 4.92. The summed E-state index contributed by atoms with van der Waals surface area (Å²) in [6, 6.07) is 0. The molecule has 0 saturated heterocycles.